The van der Waals surface area contributed by atoms with Gasteiger partial charge in [0.25, 0.3) is 0 Å². The SMILES string of the molecule is COC(=O)CC[C@H](NC(=O)C1(CN)CCCC1)C(=O)O. The predicted molar refractivity (Wildman–Crippen MR) is 70.8 cm³/mol. The standard InChI is InChI=1S/C13H22N2O5/c1-20-10(16)5-4-9(11(17)18)15-12(19)13(8-14)6-2-3-7-13/h9H,2-8,14H2,1H3,(H,15,19)(H,17,18)/t9-/m0/s1. The van der Waals surface area contributed by atoms with Gasteiger partial charge in [-0.2, -0.15) is 0 Å². The molecule has 0 bridgehead atoms. The third-order valence-electron chi connectivity index (χ3n) is 3.90. The first-order valence-corrected chi connectivity index (χ1v) is 6.76. The van der Waals surface area contributed by atoms with Gasteiger partial charge in [-0.1, -0.05) is 12.8 Å². The number of methoxy groups -OCH3 is 1. The summed E-state index contributed by atoms with van der Waals surface area (Å²) in [6, 6.07) is -1.09. The normalized spacial score (nSPS) is 18.3. The van der Waals surface area contributed by atoms with Crippen molar-refractivity contribution in [2.45, 2.75) is 44.6 Å². The lowest BCUT2D eigenvalue weighted by molar-refractivity contribution is -0.145. The van der Waals surface area contributed by atoms with Crippen molar-refractivity contribution in [3.05, 3.63) is 0 Å². The molecule has 1 fully saturated rings. The Hall–Kier alpha value is -1.63. The Morgan fingerprint density at radius 3 is 2.40 bits per heavy atom. The minimum absolute atomic E-state index is 0.00833. The summed E-state index contributed by atoms with van der Waals surface area (Å²) in [7, 11) is 1.23. The first-order chi connectivity index (χ1) is 9.45. The molecule has 0 saturated heterocycles. The molecule has 7 heteroatoms. The highest BCUT2D eigenvalue weighted by atomic mass is 16.5. The van der Waals surface area contributed by atoms with Crippen LogP contribution in [-0.2, 0) is 19.1 Å². The quantitative estimate of drug-likeness (QED) is 0.568. The molecular weight excluding hydrogens is 264 g/mol. The molecule has 0 aromatic carbocycles. The lowest BCUT2D eigenvalue weighted by Gasteiger charge is -2.27. The number of carbonyl (C=O) groups excluding carboxylic acids is 2. The molecule has 114 valence electrons. The van der Waals surface area contributed by atoms with Crippen molar-refractivity contribution < 1.29 is 24.2 Å². The van der Waals surface area contributed by atoms with E-state index >= 15 is 0 Å². The number of aliphatic carboxylic acids is 1. The van der Waals surface area contributed by atoms with Gasteiger partial charge in [-0.25, -0.2) is 4.79 Å². The highest BCUT2D eigenvalue weighted by Crippen LogP contribution is 2.37. The van der Waals surface area contributed by atoms with Crippen molar-refractivity contribution in [3.63, 3.8) is 0 Å². The third kappa shape index (κ3) is 3.93. The van der Waals surface area contributed by atoms with Crippen molar-refractivity contribution >= 4 is 17.8 Å². The summed E-state index contributed by atoms with van der Waals surface area (Å²) in [5.74, 6) is -1.98. The van der Waals surface area contributed by atoms with E-state index in [-0.39, 0.29) is 25.3 Å². The van der Waals surface area contributed by atoms with Crippen LogP contribution in [0.25, 0.3) is 0 Å². The number of amides is 1. The van der Waals surface area contributed by atoms with E-state index < -0.39 is 23.4 Å². The molecule has 1 aliphatic rings. The number of carboxylic acids is 1. The Balaban J connectivity index is 2.63. The molecule has 0 radical (unpaired) electrons. The van der Waals surface area contributed by atoms with Gasteiger partial charge in [-0.05, 0) is 19.3 Å². The second kappa shape index (κ2) is 7.23. The molecule has 0 heterocycles. The molecule has 0 aromatic heterocycles. The van der Waals surface area contributed by atoms with Crippen LogP contribution in [-0.4, -0.2) is 42.6 Å². The number of rotatable bonds is 7. The predicted octanol–water partition coefficient (Wildman–Crippen LogP) is 0.0281. The van der Waals surface area contributed by atoms with Gasteiger partial charge in [-0.3, -0.25) is 9.59 Å². The fourth-order valence-electron chi connectivity index (χ4n) is 2.51. The zero-order valence-electron chi connectivity index (χ0n) is 11.7. The number of carboxylic acid groups (broad SMARTS) is 1. The van der Waals surface area contributed by atoms with Gasteiger partial charge >= 0.3 is 11.9 Å². The number of nitrogens with one attached hydrogen (secondary N) is 1. The summed E-state index contributed by atoms with van der Waals surface area (Å²) in [5, 5.41) is 11.6. The first-order valence-electron chi connectivity index (χ1n) is 6.76. The van der Waals surface area contributed by atoms with Crippen LogP contribution in [0.5, 0.6) is 0 Å². The van der Waals surface area contributed by atoms with Gasteiger partial charge in [0.2, 0.25) is 5.91 Å². The highest BCUT2D eigenvalue weighted by molar-refractivity contribution is 5.88. The van der Waals surface area contributed by atoms with Crippen molar-refractivity contribution in [1.82, 2.24) is 5.32 Å². The summed E-state index contributed by atoms with van der Waals surface area (Å²) in [6.07, 6.45) is 3.16. The van der Waals surface area contributed by atoms with E-state index in [9.17, 15) is 14.4 Å². The molecular formula is C13H22N2O5. The maximum atomic E-state index is 12.3. The number of hydrogen-bond donors (Lipinski definition) is 3. The molecule has 0 spiro atoms. The molecule has 20 heavy (non-hydrogen) atoms. The summed E-state index contributed by atoms with van der Waals surface area (Å²) in [4.78, 5) is 34.5. The molecule has 0 unspecified atom stereocenters. The average Bonchev–Trinajstić information content (AvgIpc) is 2.92. The summed E-state index contributed by atoms with van der Waals surface area (Å²) in [6.45, 7) is 0.210. The number of carbonyl (C=O) groups is 3. The molecule has 1 aliphatic carbocycles. The monoisotopic (exact) mass is 286 g/mol. The van der Waals surface area contributed by atoms with Crippen LogP contribution in [0.1, 0.15) is 38.5 Å². The Kier molecular flexibility index (Phi) is 5.94. The summed E-state index contributed by atoms with van der Waals surface area (Å²) in [5.41, 5.74) is 5.03. The maximum absolute atomic E-state index is 12.3. The second-order valence-corrected chi connectivity index (χ2v) is 5.17. The molecule has 1 amide bonds. The molecule has 4 N–H and O–H groups in total. The molecule has 1 rings (SSSR count). The molecule has 1 atom stereocenters. The maximum Gasteiger partial charge on any atom is 0.326 e. The van der Waals surface area contributed by atoms with Gasteiger partial charge in [0.15, 0.2) is 0 Å². The fourth-order valence-corrected chi connectivity index (χ4v) is 2.51. The van der Waals surface area contributed by atoms with E-state index in [1.54, 1.807) is 0 Å². The number of nitrogens with two attached hydrogens (primary N) is 1. The van der Waals surface area contributed by atoms with Crippen molar-refractivity contribution in [2.24, 2.45) is 11.1 Å². The van der Waals surface area contributed by atoms with Crippen LogP contribution in [0.3, 0.4) is 0 Å². The van der Waals surface area contributed by atoms with Crippen LogP contribution in [0.4, 0.5) is 0 Å². The van der Waals surface area contributed by atoms with E-state index in [2.05, 4.69) is 10.1 Å². The van der Waals surface area contributed by atoms with Crippen LogP contribution >= 0.6 is 0 Å². The van der Waals surface area contributed by atoms with Crippen LogP contribution in [0.15, 0.2) is 0 Å². The molecule has 0 aromatic rings. The Labute approximate surface area is 117 Å². The topological polar surface area (TPSA) is 119 Å². The van der Waals surface area contributed by atoms with Crippen molar-refractivity contribution in [2.75, 3.05) is 13.7 Å². The van der Waals surface area contributed by atoms with E-state index in [0.717, 1.165) is 12.8 Å². The Morgan fingerprint density at radius 2 is 1.95 bits per heavy atom. The lowest BCUT2D eigenvalue weighted by Crippen LogP contribution is -2.50. The van der Waals surface area contributed by atoms with Gasteiger partial charge in [0.1, 0.15) is 6.04 Å². The molecule has 7 nitrogen and oxygen atoms in total. The minimum atomic E-state index is -1.16. The van der Waals surface area contributed by atoms with E-state index in [0.29, 0.717) is 12.8 Å². The Bertz CT molecular complexity index is 377. The van der Waals surface area contributed by atoms with Gasteiger partial charge < -0.3 is 20.9 Å². The van der Waals surface area contributed by atoms with Crippen LogP contribution < -0.4 is 11.1 Å². The third-order valence-corrected chi connectivity index (χ3v) is 3.90. The van der Waals surface area contributed by atoms with Crippen molar-refractivity contribution in [3.8, 4) is 0 Å². The summed E-state index contributed by atoms with van der Waals surface area (Å²) >= 11 is 0. The van der Waals surface area contributed by atoms with E-state index in [1.807, 2.05) is 0 Å². The number of ether oxygens (including phenoxy) is 1. The minimum Gasteiger partial charge on any atom is -0.480 e. The van der Waals surface area contributed by atoms with Gasteiger partial charge in [0.05, 0.1) is 12.5 Å². The lowest BCUT2D eigenvalue weighted by atomic mass is 9.85. The van der Waals surface area contributed by atoms with Crippen molar-refractivity contribution in [1.29, 1.82) is 0 Å². The van der Waals surface area contributed by atoms with Crippen LogP contribution in [0, 0.1) is 5.41 Å². The van der Waals surface area contributed by atoms with Gasteiger partial charge in [-0.15, -0.1) is 0 Å². The zero-order valence-corrected chi connectivity index (χ0v) is 11.7. The van der Waals surface area contributed by atoms with E-state index in [1.165, 1.54) is 7.11 Å². The smallest absolute Gasteiger partial charge is 0.326 e. The second-order valence-electron chi connectivity index (χ2n) is 5.17. The first kappa shape index (κ1) is 16.4. The molecule has 1 saturated carbocycles. The number of esters is 1. The van der Waals surface area contributed by atoms with Gasteiger partial charge in [0, 0.05) is 13.0 Å². The summed E-state index contributed by atoms with van der Waals surface area (Å²) < 4.78 is 4.46. The highest BCUT2D eigenvalue weighted by Gasteiger charge is 2.41. The molecule has 0 aliphatic heterocycles. The Morgan fingerprint density at radius 1 is 1.35 bits per heavy atom. The fraction of sp³-hybridized carbons (Fsp3) is 0.769. The largest absolute Gasteiger partial charge is 0.480 e. The number of hydrogen-bond acceptors (Lipinski definition) is 5. The average molecular weight is 286 g/mol. The zero-order chi connectivity index (χ0) is 15.2. The van der Waals surface area contributed by atoms with E-state index in [4.69, 9.17) is 10.8 Å². The van der Waals surface area contributed by atoms with Crippen LogP contribution in [0.2, 0.25) is 0 Å².